The molecule has 0 aliphatic carbocycles. The van der Waals surface area contributed by atoms with Crippen LogP contribution in [0.15, 0.2) is 0 Å². The van der Waals surface area contributed by atoms with Crippen molar-refractivity contribution >= 4 is 34.9 Å². The summed E-state index contributed by atoms with van der Waals surface area (Å²) in [4.78, 5) is 14.3. The van der Waals surface area contributed by atoms with E-state index in [-0.39, 0.29) is 25.8 Å². The Morgan fingerprint density at radius 2 is 1.33 bits per heavy atom. The minimum Gasteiger partial charge on any atom is -0.511 e. The molecule has 2 N–H and O–H groups in total. The van der Waals surface area contributed by atoms with Gasteiger partial charge in [-0.3, -0.25) is 4.46 Å². The SMILES string of the molecule is B.O=[Si](O)O.[AlH3]. The van der Waals surface area contributed by atoms with Gasteiger partial charge in [-0.1, -0.05) is 0 Å². The van der Waals surface area contributed by atoms with Gasteiger partial charge < -0.3 is 9.59 Å². The van der Waals surface area contributed by atoms with Gasteiger partial charge in [0.2, 0.25) is 0 Å². The van der Waals surface area contributed by atoms with Crippen LogP contribution in [0.25, 0.3) is 0 Å². The normalized spacial score (nSPS) is 4.00. The molecule has 0 atom stereocenters. The smallest absolute Gasteiger partial charge is 0.511 e. The molecule has 0 fully saturated rings. The molecule has 0 heterocycles. The largest absolute Gasteiger partial charge is 0.761 e. The molecule has 0 aromatic heterocycles. The van der Waals surface area contributed by atoms with Crippen molar-refractivity contribution in [1.29, 1.82) is 0 Å². The van der Waals surface area contributed by atoms with E-state index in [0.717, 1.165) is 0 Å². The lowest BCUT2D eigenvalue weighted by Gasteiger charge is -1.55. The van der Waals surface area contributed by atoms with E-state index in [9.17, 15) is 0 Å². The summed E-state index contributed by atoms with van der Waals surface area (Å²) in [5.41, 5.74) is 0. The first-order chi connectivity index (χ1) is 1.73. The van der Waals surface area contributed by atoms with E-state index in [0.29, 0.717) is 0 Å². The van der Waals surface area contributed by atoms with Gasteiger partial charge in [0, 0.05) is 0 Å². The van der Waals surface area contributed by atoms with Crippen LogP contribution >= 0.6 is 0 Å². The minimum absolute atomic E-state index is 0. The average Bonchev–Trinajstić information content (AvgIpc) is 0.811. The molecule has 0 aromatic rings. The second-order valence-corrected chi connectivity index (χ2v) is 0.848. The van der Waals surface area contributed by atoms with Gasteiger partial charge in [0.15, 0.2) is 17.4 Å². The highest BCUT2D eigenvalue weighted by atomic mass is 28.3. The lowest BCUT2D eigenvalue weighted by Crippen LogP contribution is -1.90. The zero-order valence-electron chi connectivity index (χ0n) is 1.80. The first kappa shape index (κ1) is 16.4. The van der Waals surface area contributed by atoms with Crippen molar-refractivity contribution in [3.8, 4) is 0 Å². The maximum absolute atomic E-state index is 8.74. The summed E-state index contributed by atoms with van der Waals surface area (Å²) in [5.74, 6) is 0. The Kier molecular flexibility index (Phi) is 24.4. The van der Waals surface area contributed by atoms with Crippen LogP contribution in [-0.4, -0.2) is 44.5 Å². The summed E-state index contributed by atoms with van der Waals surface area (Å²) < 4.78 is 8.74. The Hall–Kier alpha value is 0.214. The highest BCUT2D eigenvalue weighted by Gasteiger charge is 1.85. The second-order valence-electron chi connectivity index (χ2n) is 0.283. The van der Waals surface area contributed by atoms with E-state index in [1.807, 2.05) is 0 Å². The third-order valence-corrected chi connectivity index (χ3v) is 0. The molecule has 0 unspecified atom stereocenters. The van der Waals surface area contributed by atoms with Crippen LogP contribution in [-0.2, 0) is 4.46 Å². The van der Waals surface area contributed by atoms with E-state index >= 15 is 0 Å². The monoisotopic (exact) mass is 122 g/mol. The number of rotatable bonds is 0. The van der Waals surface area contributed by atoms with Gasteiger partial charge in [-0.15, -0.1) is 0 Å². The maximum Gasteiger partial charge on any atom is 0.761 e. The predicted octanol–water partition coefficient (Wildman–Crippen LogP) is -3.98. The van der Waals surface area contributed by atoms with E-state index in [4.69, 9.17) is 14.1 Å². The van der Waals surface area contributed by atoms with Crippen LogP contribution in [0, 0.1) is 0 Å². The molecular weight excluding hydrogens is 114 g/mol. The van der Waals surface area contributed by atoms with Crippen LogP contribution < -0.4 is 0 Å². The summed E-state index contributed by atoms with van der Waals surface area (Å²) in [6.45, 7) is 0. The third kappa shape index (κ3) is 948. The highest BCUT2D eigenvalue weighted by Crippen LogP contribution is 1.27. The molecule has 0 amide bonds. The number of hydrogen-bond acceptors (Lipinski definition) is 1. The van der Waals surface area contributed by atoms with Crippen LogP contribution in [0.2, 0.25) is 0 Å². The van der Waals surface area contributed by atoms with E-state index in [1.165, 1.54) is 0 Å². The lowest BCUT2D eigenvalue weighted by molar-refractivity contribution is 0.330. The maximum atomic E-state index is 8.74. The van der Waals surface area contributed by atoms with Crippen molar-refractivity contribution in [3.63, 3.8) is 0 Å². The average molecular weight is 122 g/mol. The quantitative estimate of drug-likeness (QED) is 0.322. The summed E-state index contributed by atoms with van der Waals surface area (Å²) >= 11 is 0. The van der Waals surface area contributed by atoms with Crippen molar-refractivity contribution < 1.29 is 14.1 Å². The molecule has 6 heavy (non-hydrogen) atoms. The van der Waals surface area contributed by atoms with Crippen LogP contribution in [0.5, 0.6) is 0 Å². The van der Waals surface area contributed by atoms with Gasteiger partial charge in [-0.25, -0.2) is 0 Å². The fourth-order valence-corrected chi connectivity index (χ4v) is 0. The van der Waals surface area contributed by atoms with Gasteiger partial charge in [-0.05, 0) is 0 Å². The summed E-state index contributed by atoms with van der Waals surface area (Å²) in [5, 5.41) is 0. The van der Waals surface area contributed by atoms with Crippen LogP contribution in [0.3, 0.4) is 0 Å². The first-order valence-corrected chi connectivity index (χ1v) is 1.95. The Morgan fingerprint density at radius 3 is 1.33 bits per heavy atom. The molecule has 0 spiro atoms. The van der Waals surface area contributed by atoms with E-state index < -0.39 is 9.17 Å². The molecule has 0 aromatic carbocycles. The molecule has 0 aliphatic rings. The second kappa shape index (κ2) is 8.96. The summed E-state index contributed by atoms with van der Waals surface area (Å²) in [7, 11) is -3.13. The highest BCUT2D eigenvalue weighted by molar-refractivity contribution is 6.22. The molecule has 0 saturated carbocycles. The van der Waals surface area contributed by atoms with Crippen molar-refractivity contribution in [2.24, 2.45) is 0 Å². The Bertz CT molecular complexity index is 33.8. The van der Waals surface area contributed by atoms with E-state index in [1.54, 1.807) is 0 Å². The molecule has 36 valence electrons. The Labute approximate surface area is 49.6 Å². The molecule has 0 saturated heterocycles. The Morgan fingerprint density at radius 1 is 1.33 bits per heavy atom. The zero-order valence-corrected chi connectivity index (χ0v) is 2.80. The fraction of sp³-hybridized carbons (Fsp3) is 0. The first-order valence-electron chi connectivity index (χ1n) is 0.651. The minimum atomic E-state index is -3.13. The number of hydrogen-bond donors (Lipinski definition) is 2. The van der Waals surface area contributed by atoms with Gasteiger partial charge in [0.25, 0.3) is 0 Å². The van der Waals surface area contributed by atoms with Crippen molar-refractivity contribution in [3.05, 3.63) is 0 Å². The summed E-state index contributed by atoms with van der Waals surface area (Å²) in [6.07, 6.45) is 0. The molecule has 6 heteroatoms. The fourth-order valence-electron chi connectivity index (χ4n) is 0. The predicted molar refractivity (Wildman–Crippen MR) is 30.8 cm³/mol. The van der Waals surface area contributed by atoms with Crippen molar-refractivity contribution in [2.45, 2.75) is 0 Å². The molecule has 0 radical (unpaired) electrons. The summed E-state index contributed by atoms with van der Waals surface area (Å²) in [6, 6.07) is 0. The molecule has 0 bridgehead atoms. The lowest BCUT2D eigenvalue weighted by atomic mass is 10.8. The van der Waals surface area contributed by atoms with Gasteiger partial charge >= 0.3 is 9.17 Å². The van der Waals surface area contributed by atoms with Gasteiger partial charge in [-0.2, -0.15) is 0 Å². The van der Waals surface area contributed by atoms with Crippen LogP contribution in [0.4, 0.5) is 0 Å². The van der Waals surface area contributed by atoms with Crippen molar-refractivity contribution in [1.82, 2.24) is 0 Å². The zero-order chi connectivity index (χ0) is 3.58. The van der Waals surface area contributed by atoms with Crippen molar-refractivity contribution in [2.75, 3.05) is 0 Å². The molecule has 0 aliphatic heterocycles. The third-order valence-electron chi connectivity index (χ3n) is 0. The Balaban J connectivity index is -0.0000000450. The molecular formula is H8AlBO3Si. The van der Waals surface area contributed by atoms with Gasteiger partial charge in [0.05, 0.1) is 8.41 Å². The standard InChI is InChI=1S/Al.BH3.H2O3Si.3H/c;;1-4(2)3;;;/h;1H3;1-2H;;;. The van der Waals surface area contributed by atoms with Gasteiger partial charge in [0.1, 0.15) is 0 Å². The topological polar surface area (TPSA) is 57.5 Å². The molecule has 3 nitrogen and oxygen atoms in total. The van der Waals surface area contributed by atoms with Crippen LogP contribution in [0.1, 0.15) is 0 Å². The molecule has 0 rings (SSSR count). The van der Waals surface area contributed by atoms with E-state index in [2.05, 4.69) is 0 Å².